The van der Waals surface area contributed by atoms with E-state index in [0.717, 1.165) is 19.3 Å². The maximum absolute atomic E-state index is 5.51. The molecule has 0 unspecified atom stereocenters. The lowest BCUT2D eigenvalue weighted by Gasteiger charge is -2.09. The number of hydrogen-bond acceptors (Lipinski definition) is 3. The van der Waals surface area contributed by atoms with Crippen LogP contribution in [0.25, 0.3) is 10.8 Å². The predicted molar refractivity (Wildman–Crippen MR) is 82.6 cm³/mol. The van der Waals surface area contributed by atoms with E-state index >= 15 is 0 Å². The third-order valence-electron chi connectivity index (χ3n) is 3.23. The fourth-order valence-corrected chi connectivity index (χ4v) is 2.90. The molecule has 3 nitrogen and oxygen atoms in total. The molecule has 0 bridgehead atoms. The normalized spacial score (nSPS) is 11.3. The Hall–Kier alpha value is -1.20. The van der Waals surface area contributed by atoms with Gasteiger partial charge in [-0.15, -0.1) is 0 Å². The van der Waals surface area contributed by atoms with Crippen molar-refractivity contribution in [1.29, 1.82) is 0 Å². The summed E-state index contributed by atoms with van der Waals surface area (Å²) in [5.74, 6) is 0. The molecule has 107 valence electrons. The minimum atomic E-state index is -1.50. The van der Waals surface area contributed by atoms with Gasteiger partial charge in [0.25, 0.3) is 0 Å². The number of benzene rings is 2. The molecule has 0 N–H and O–H groups in total. The largest absolute Gasteiger partial charge is 0.577 e. The SMILES string of the molecule is CO[Si](OC)OCCCCc1ccc2ccccc2c1. The lowest BCUT2D eigenvalue weighted by atomic mass is 10.0. The Morgan fingerprint density at radius 2 is 1.65 bits per heavy atom. The highest BCUT2D eigenvalue weighted by atomic mass is 28.3. The Kier molecular flexibility index (Phi) is 6.20. The second-order valence-corrected chi connectivity index (χ2v) is 6.25. The van der Waals surface area contributed by atoms with Gasteiger partial charge in [-0.2, -0.15) is 0 Å². The van der Waals surface area contributed by atoms with Crippen LogP contribution in [0.5, 0.6) is 0 Å². The van der Waals surface area contributed by atoms with E-state index in [1.165, 1.54) is 16.3 Å². The van der Waals surface area contributed by atoms with Gasteiger partial charge < -0.3 is 13.3 Å². The number of hydrogen-bond donors (Lipinski definition) is 0. The number of aryl methyl sites for hydroxylation is 1. The lowest BCUT2D eigenvalue weighted by Crippen LogP contribution is -2.24. The van der Waals surface area contributed by atoms with Crippen LogP contribution in [0.2, 0.25) is 0 Å². The molecule has 2 rings (SSSR count). The molecule has 0 aliphatic heterocycles. The van der Waals surface area contributed by atoms with Crippen molar-refractivity contribution in [1.82, 2.24) is 0 Å². The van der Waals surface area contributed by atoms with Crippen LogP contribution in [0.15, 0.2) is 42.5 Å². The second-order valence-electron chi connectivity index (χ2n) is 4.65. The molecule has 0 aliphatic carbocycles. The minimum absolute atomic E-state index is 0.698. The van der Waals surface area contributed by atoms with Gasteiger partial charge >= 0.3 is 9.53 Å². The zero-order valence-corrected chi connectivity index (χ0v) is 13.1. The topological polar surface area (TPSA) is 27.7 Å². The summed E-state index contributed by atoms with van der Waals surface area (Å²) in [6, 6.07) is 15.1. The van der Waals surface area contributed by atoms with E-state index in [2.05, 4.69) is 42.5 Å². The zero-order chi connectivity index (χ0) is 14.2. The molecule has 0 aliphatic rings. The van der Waals surface area contributed by atoms with Crippen molar-refractivity contribution in [3.63, 3.8) is 0 Å². The summed E-state index contributed by atoms with van der Waals surface area (Å²) >= 11 is 0. The molecule has 0 saturated carbocycles. The minimum Gasteiger partial charge on any atom is -0.375 e. The van der Waals surface area contributed by atoms with Crippen LogP contribution in [0.1, 0.15) is 18.4 Å². The zero-order valence-electron chi connectivity index (χ0n) is 12.1. The van der Waals surface area contributed by atoms with Crippen LogP contribution < -0.4 is 0 Å². The predicted octanol–water partition coefficient (Wildman–Crippen LogP) is 3.46. The molecule has 0 heterocycles. The maximum atomic E-state index is 5.51. The van der Waals surface area contributed by atoms with E-state index in [4.69, 9.17) is 13.3 Å². The summed E-state index contributed by atoms with van der Waals surface area (Å²) in [4.78, 5) is 0. The Morgan fingerprint density at radius 1 is 0.900 bits per heavy atom. The van der Waals surface area contributed by atoms with Gasteiger partial charge in [0.2, 0.25) is 0 Å². The first-order valence-corrected chi connectivity index (χ1v) is 8.11. The quantitative estimate of drug-likeness (QED) is 0.550. The maximum Gasteiger partial charge on any atom is 0.577 e. The first-order valence-electron chi connectivity index (χ1n) is 6.89. The average Bonchev–Trinajstić information content (AvgIpc) is 2.51. The van der Waals surface area contributed by atoms with Gasteiger partial charge in [-0.25, -0.2) is 0 Å². The Morgan fingerprint density at radius 3 is 2.40 bits per heavy atom. The Balaban J connectivity index is 1.75. The molecular formula is C16H21O3Si. The molecule has 20 heavy (non-hydrogen) atoms. The summed E-state index contributed by atoms with van der Waals surface area (Å²) in [5.41, 5.74) is 1.38. The van der Waals surface area contributed by atoms with Crippen LogP contribution in [-0.2, 0) is 19.7 Å². The highest BCUT2D eigenvalue weighted by Gasteiger charge is 2.13. The molecule has 0 amide bonds. The van der Waals surface area contributed by atoms with Crippen LogP contribution in [0.4, 0.5) is 0 Å². The van der Waals surface area contributed by atoms with E-state index in [0.29, 0.717) is 6.61 Å². The monoisotopic (exact) mass is 289 g/mol. The van der Waals surface area contributed by atoms with Gasteiger partial charge in [-0.05, 0) is 35.6 Å². The summed E-state index contributed by atoms with van der Waals surface area (Å²) in [7, 11) is 1.74. The molecule has 0 atom stereocenters. The van der Waals surface area contributed by atoms with Crippen molar-refractivity contribution >= 4 is 20.3 Å². The van der Waals surface area contributed by atoms with Gasteiger partial charge in [-0.3, -0.25) is 0 Å². The summed E-state index contributed by atoms with van der Waals surface area (Å²) < 4.78 is 15.6. The van der Waals surface area contributed by atoms with Gasteiger partial charge in [0, 0.05) is 20.8 Å². The molecule has 0 spiro atoms. The summed E-state index contributed by atoms with van der Waals surface area (Å²) in [6.45, 7) is 0.698. The van der Waals surface area contributed by atoms with E-state index in [9.17, 15) is 0 Å². The fourth-order valence-electron chi connectivity index (χ4n) is 2.18. The van der Waals surface area contributed by atoms with Gasteiger partial charge in [-0.1, -0.05) is 42.5 Å². The third-order valence-corrected chi connectivity index (χ3v) is 4.33. The molecule has 1 radical (unpaired) electrons. The third kappa shape index (κ3) is 4.42. The average molecular weight is 289 g/mol. The van der Waals surface area contributed by atoms with Gasteiger partial charge in [0.15, 0.2) is 0 Å². The van der Waals surface area contributed by atoms with Crippen LogP contribution in [0.3, 0.4) is 0 Å². The smallest absolute Gasteiger partial charge is 0.375 e. The molecule has 2 aromatic rings. The summed E-state index contributed by atoms with van der Waals surface area (Å²) in [5, 5.41) is 2.61. The van der Waals surface area contributed by atoms with Crippen LogP contribution in [0, 0.1) is 0 Å². The van der Waals surface area contributed by atoms with Crippen molar-refractivity contribution in [2.24, 2.45) is 0 Å². The lowest BCUT2D eigenvalue weighted by molar-refractivity contribution is 0.133. The van der Waals surface area contributed by atoms with Crippen molar-refractivity contribution in [2.45, 2.75) is 19.3 Å². The first-order chi connectivity index (χ1) is 9.83. The van der Waals surface area contributed by atoms with Crippen LogP contribution >= 0.6 is 0 Å². The molecule has 0 aromatic heterocycles. The number of rotatable bonds is 8. The van der Waals surface area contributed by atoms with Crippen molar-refractivity contribution in [3.8, 4) is 0 Å². The van der Waals surface area contributed by atoms with E-state index in [1.807, 2.05) is 0 Å². The van der Waals surface area contributed by atoms with E-state index in [-0.39, 0.29) is 0 Å². The van der Waals surface area contributed by atoms with Crippen molar-refractivity contribution in [2.75, 3.05) is 20.8 Å². The van der Waals surface area contributed by atoms with E-state index in [1.54, 1.807) is 14.2 Å². The summed E-state index contributed by atoms with van der Waals surface area (Å²) in [6.07, 6.45) is 3.21. The van der Waals surface area contributed by atoms with Crippen molar-refractivity contribution < 1.29 is 13.3 Å². The first kappa shape index (κ1) is 15.2. The van der Waals surface area contributed by atoms with Gasteiger partial charge in [0.05, 0.1) is 0 Å². The molecule has 4 heteroatoms. The molecule has 2 aromatic carbocycles. The second kappa shape index (κ2) is 8.17. The Labute approximate surface area is 122 Å². The van der Waals surface area contributed by atoms with E-state index < -0.39 is 9.53 Å². The van der Waals surface area contributed by atoms with Gasteiger partial charge in [0.1, 0.15) is 0 Å². The fraction of sp³-hybridized carbons (Fsp3) is 0.375. The van der Waals surface area contributed by atoms with Crippen LogP contribution in [-0.4, -0.2) is 30.4 Å². The molecular weight excluding hydrogens is 268 g/mol. The number of unbranched alkanes of at least 4 members (excludes halogenated alkanes) is 1. The highest BCUT2D eigenvalue weighted by Crippen LogP contribution is 2.17. The number of fused-ring (bicyclic) bond motifs is 1. The molecule has 0 saturated heterocycles. The Bertz CT molecular complexity index is 526. The highest BCUT2D eigenvalue weighted by molar-refractivity contribution is 6.36. The van der Waals surface area contributed by atoms with Crippen molar-refractivity contribution in [3.05, 3.63) is 48.0 Å². The standard InChI is InChI=1S/C16H21O3Si/c1-17-20(18-2)19-12-6-5-7-14-10-11-15-8-3-4-9-16(15)13-14/h3-4,8-11,13H,5-7,12H2,1-2H3. The molecule has 0 fully saturated rings.